The van der Waals surface area contributed by atoms with Gasteiger partial charge in [-0.15, -0.1) is 0 Å². The fourth-order valence-electron chi connectivity index (χ4n) is 8.27. The summed E-state index contributed by atoms with van der Waals surface area (Å²) in [5, 5.41) is 8.89. The zero-order valence-corrected chi connectivity index (χ0v) is 33.1. The van der Waals surface area contributed by atoms with Crippen LogP contribution in [0.25, 0.3) is 106 Å². The van der Waals surface area contributed by atoms with Crippen LogP contribution in [0.1, 0.15) is 0 Å². The summed E-state index contributed by atoms with van der Waals surface area (Å²) in [6.45, 7) is 0. The Kier molecular flexibility index (Phi) is 9.10. The molecule has 0 aliphatic heterocycles. The first kappa shape index (κ1) is 35.8. The average Bonchev–Trinajstić information content (AvgIpc) is 3.76. The summed E-state index contributed by atoms with van der Waals surface area (Å²) >= 11 is 0. The molecule has 0 saturated heterocycles. The number of aromatic nitrogens is 5. The second-order valence-corrected chi connectivity index (χ2v) is 15.1. The molecule has 286 valence electrons. The highest BCUT2D eigenvalue weighted by atomic mass is 15.3. The van der Waals surface area contributed by atoms with E-state index in [1.54, 1.807) is 0 Å². The number of benzene rings is 9. The molecule has 0 radical (unpaired) electrons. The Morgan fingerprint density at radius 1 is 0.311 bits per heavy atom. The van der Waals surface area contributed by atoms with Crippen molar-refractivity contribution in [2.45, 2.75) is 0 Å². The summed E-state index contributed by atoms with van der Waals surface area (Å²) in [4.78, 5) is 15.1. The normalized spacial score (nSPS) is 11.3. The largest absolute Gasteiger partial charge is 0.232 e. The third-order valence-electron chi connectivity index (χ3n) is 11.3. The summed E-state index contributed by atoms with van der Waals surface area (Å²) in [5.41, 5.74) is 13.6. The van der Waals surface area contributed by atoms with E-state index in [-0.39, 0.29) is 0 Å². The average molecular weight is 780 g/mol. The van der Waals surface area contributed by atoms with E-state index in [2.05, 4.69) is 187 Å². The predicted molar refractivity (Wildman–Crippen MR) is 250 cm³/mol. The van der Waals surface area contributed by atoms with E-state index in [1.165, 1.54) is 5.39 Å². The topological polar surface area (TPSA) is 56.5 Å². The maximum atomic E-state index is 5.44. The van der Waals surface area contributed by atoms with Crippen LogP contribution in [-0.4, -0.2) is 24.7 Å². The Morgan fingerprint density at radius 3 is 1.41 bits per heavy atom. The van der Waals surface area contributed by atoms with Crippen LogP contribution in [0.5, 0.6) is 0 Å². The molecule has 2 heterocycles. The lowest BCUT2D eigenvalue weighted by atomic mass is 9.93. The fourth-order valence-corrected chi connectivity index (χ4v) is 8.27. The van der Waals surface area contributed by atoms with Crippen molar-refractivity contribution in [1.29, 1.82) is 0 Å². The van der Waals surface area contributed by atoms with E-state index in [1.807, 2.05) is 42.5 Å². The van der Waals surface area contributed by atoms with Gasteiger partial charge in [0.25, 0.3) is 0 Å². The predicted octanol–water partition coefficient (Wildman–Crippen LogP) is 14.0. The molecule has 9 aromatic carbocycles. The van der Waals surface area contributed by atoms with Gasteiger partial charge in [-0.25, -0.2) is 19.6 Å². The maximum absolute atomic E-state index is 5.44. The van der Waals surface area contributed by atoms with Crippen LogP contribution in [0.2, 0.25) is 0 Å². The smallest absolute Gasteiger partial charge is 0.164 e. The van der Waals surface area contributed by atoms with Gasteiger partial charge >= 0.3 is 0 Å². The Morgan fingerprint density at radius 2 is 0.754 bits per heavy atom. The summed E-state index contributed by atoms with van der Waals surface area (Å²) in [6, 6.07) is 78.1. The summed E-state index contributed by atoms with van der Waals surface area (Å²) in [5.74, 6) is 1.88. The summed E-state index contributed by atoms with van der Waals surface area (Å²) in [6.07, 6.45) is 0. The Bertz CT molecular complexity index is 3330. The molecule has 0 aliphatic carbocycles. The SMILES string of the molecule is c1ccc(-c2cccc(-c3nc(-c4ccccc4)nc(-c4ccc(-c5cccc(-c6nn(-c7ccccc7)c7c6c(-c6ccccc6)cc6ccccc67)c5)cc4)n3)c2)cc1. The van der Waals surface area contributed by atoms with Gasteiger partial charge in [-0.1, -0.05) is 194 Å². The highest BCUT2D eigenvalue weighted by Crippen LogP contribution is 2.42. The third kappa shape index (κ3) is 6.84. The first-order valence-corrected chi connectivity index (χ1v) is 20.5. The van der Waals surface area contributed by atoms with Crippen LogP contribution in [0.15, 0.2) is 224 Å². The van der Waals surface area contributed by atoms with Gasteiger partial charge in [0.2, 0.25) is 0 Å². The molecule has 5 heteroatoms. The molecule has 5 nitrogen and oxygen atoms in total. The Balaban J connectivity index is 1.02. The van der Waals surface area contributed by atoms with Gasteiger partial charge < -0.3 is 0 Å². The maximum Gasteiger partial charge on any atom is 0.164 e. The van der Waals surface area contributed by atoms with Crippen LogP contribution in [-0.2, 0) is 0 Å². The van der Waals surface area contributed by atoms with E-state index < -0.39 is 0 Å². The van der Waals surface area contributed by atoms with Gasteiger partial charge in [0.1, 0.15) is 5.69 Å². The molecule has 2 aromatic heterocycles. The first-order chi connectivity index (χ1) is 30.2. The van der Waals surface area contributed by atoms with E-state index in [0.717, 1.165) is 83.3 Å². The van der Waals surface area contributed by atoms with Crippen molar-refractivity contribution in [2.75, 3.05) is 0 Å². The Hall–Kier alpha value is -8.28. The van der Waals surface area contributed by atoms with Crippen LogP contribution in [0.3, 0.4) is 0 Å². The molecular weight excluding hydrogens is 743 g/mol. The summed E-state index contributed by atoms with van der Waals surface area (Å²) in [7, 11) is 0. The lowest BCUT2D eigenvalue weighted by Crippen LogP contribution is -2.00. The standard InChI is InChI=1S/C56H37N5/c1-5-17-38(18-6-1)44-25-16-27-47(36-44)56-58-54(41-21-9-3-10-22-41)57-55(59-56)42-33-31-39(32-34-42)43-24-15-26-46(35-43)52-51-50(40-19-7-2-8-20-40)37-45-23-13-14-30-49(45)53(51)61(60-52)48-28-11-4-12-29-48/h1-37H. The number of hydrogen-bond donors (Lipinski definition) is 0. The number of para-hydroxylation sites is 1. The molecule has 0 fully saturated rings. The van der Waals surface area contributed by atoms with Crippen molar-refractivity contribution in [2.24, 2.45) is 0 Å². The molecule has 0 atom stereocenters. The van der Waals surface area contributed by atoms with Crippen molar-refractivity contribution in [1.82, 2.24) is 24.7 Å². The van der Waals surface area contributed by atoms with Crippen LogP contribution in [0.4, 0.5) is 0 Å². The van der Waals surface area contributed by atoms with Gasteiger partial charge in [-0.3, -0.25) is 0 Å². The van der Waals surface area contributed by atoms with Gasteiger partial charge in [0.05, 0.1) is 11.2 Å². The first-order valence-electron chi connectivity index (χ1n) is 20.5. The van der Waals surface area contributed by atoms with Gasteiger partial charge in [0, 0.05) is 33.0 Å². The number of hydrogen-bond acceptors (Lipinski definition) is 4. The highest BCUT2D eigenvalue weighted by molar-refractivity contribution is 6.17. The summed E-state index contributed by atoms with van der Waals surface area (Å²) < 4.78 is 2.12. The van der Waals surface area contributed by atoms with Crippen molar-refractivity contribution in [3.8, 4) is 84.5 Å². The fraction of sp³-hybridized carbons (Fsp3) is 0. The molecular formula is C56H37N5. The van der Waals surface area contributed by atoms with E-state index >= 15 is 0 Å². The van der Waals surface area contributed by atoms with E-state index in [0.29, 0.717) is 17.5 Å². The zero-order valence-electron chi connectivity index (χ0n) is 33.1. The van der Waals surface area contributed by atoms with Crippen LogP contribution >= 0.6 is 0 Å². The molecule has 11 aromatic rings. The molecule has 0 unspecified atom stereocenters. The van der Waals surface area contributed by atoms with Crippen molar-refractivity contribution >= 4 is 21.7 Å². The van der Waals surface area contributed by atoms with Crippen molar-refractivity contribution in [3.05, 3.63) is 224 Å². The molecule has 11 rings (SSSR count). The molecule has 0 aliphatic rings. The minimum atomic E-state index is 0.618. The third-order valence-corrected chi connectivity index (χ3v) is 11.3. The molecule has 0 N–H and O–H groups in total. The van der Waals surface area contributed by atoms with E-state index in [9.17, 15) is 0 Å². The molecule has 0 spiro atoms. The molecule has 0 amide bonds. The monoisotopic (exact) mass is 779 g/mol. The molecule has 61 heavy (non-hydrogen) atoms. The lowest BCUT2D eigenvalue weighted by Gasteiger charge is -2.11. The second-order valence-electron chi connectivity index (χ2n) is 15.1. The highest BCUT2D eigenvalue weighted by Gasteiger charge is 2.21. The Labute approximate surface area is 354 Å². The quantitative estimate of drug-likeness (QED) is 0.154. The second kappa shape index (κ2) is 15.5. The van der Waals surface area contributed by atoms with Crippen LogP contribution in [0, 0.1) is 0 Å². The minimum Gasteiger partial charge on any atom is -0.232 e. The van der Waals surface area contributed by atoms with Crippen molar-refractivity contribution in [3.63, 3.8) is 0 Å². The van der Waals surface area contributed by atoms with Gasteiger partial charge in [-0.05, 0) is 69.1 Å². The number of rotatable bonds is 8. The van der Waals surface area contributed by atoms with Crippen molar-refractivity contribution < 1.29 is 0 Å². The number of nitrogens with zero attached hydrogens (tertiary/aromatic N) is 5. The van der Waals surface area contributed by atoms with E-state index in [4.69, 9.17) is 20.1 Å². The minimum absolute atomic E-state index is 0.618. The zero-order chi connectivity index (χ0) is 40.5. The van der Waals surface area contributed by atoms with Gasteiger partial charge in [0.15, 0.2) is 17.5 Å². The molecule has 0 bridgehead atoms. The number of fused-ring (bicyclic) bond motifs is 3. The molecule has 0 saturated carbocycles. The van der Waals surface area contributed by atoms with Gasteiger partial charge in [-0.2, -0.15) is 5.10 Å². The van der Waals surface area contributed by atoms with Crippen LogP contribution < -0.4 is 0 Å². The lowest BCUT2D eigenvalue weighted by molar-refractivity contribution is 0.918.